The minimum absolute atomic E-state index is 0.0200. The monoisotopic (exact) mass is 401 g/mol. The molecule has 0 aliphatic heterocycles. The molecule has 0 radical (unpaired) electrons. The zero-order valence-corrected chi connectivity index (χ0v) is 13.6. The Labute approximate surface area is 132 Å². The van der Waals surface area contributed by atoms with E-state index in [0.29, 0.717) is 21.5 Å². The third kappa shape index (κ3) is 3.19. The first kappa shape index (κ1) is 15.0. The quantitative estimate of drug-likeness (QED) is 0.748. The molecule has 0 aliphatic rings. The van der Waals surface area contributed by atoms with Gasteiger partial charge in [-0.05, 0) is 62.2 Å². The number of nitrogens with zero attached hydrogens (tertiary/aromatic N) is 1. The molecule has 0 aliphatic carbocycles. The molecule has 0 amide bonds. The molecule has 1 N–H and O–H groups in total. The van der Waals surface area contributed by atoms with Crippen molar-refractivity contribution in [3.8, 4) is 11.5 Å². The zero-order chi connectivity index (χ0) is 14.7. The number of phenolic OH excluding ortho intramolecular Hbond substituents is 1. The normalized spacial score (nSPS) is 11.0. The molecule has 20 heavy (non-hydrogen) atoms. The van der Waals surface area contributed by atoms with E-state index in [4.69, 9.17) is 4.74 Å². The van der Waals surface area contributed by atoms with E-state index in [9.17, 15) is 9.50 Å². The summed E-state index contributed by atoms with van der Waals surface area (Å²) < 4.78 is 19.3. The van der Waals surface area contributed by atoms with E-state index in [1.54, 1.807) is 18.2 Å². The molecule has 6 heteroatoms. The van der Waals surface area contributed by atoms with Crippen LogP contribution in [0.1, 0.15) is 5.56 Å². The Hall–Kier alpha value is -1.40. The van der Waals surface area contributed by atoms with Gasteiger partial charge in [0, 0.05) is 15.2 Å². The van der Waals surface area contributed by atoms with Gasteiger partial charge in [-0.15, -0.1) is 0 Å². The topological polar surface area (TPSA) is 41.8 Å². The van der Waals surface area contributed by atoms with Gasteiger partial charge in [0.2, 0.25) is 0 Å². The van der Waals surface area contributed by atoms with Crippen molar-refractivity contribution in [2.75, 3.05) is 7.11 Å². The lowest BCUT2D eigenvalue weighted by molar-refractivity contribution is 0.372. The molecule has 0 saturated heterocycles. The summed E-state index contributed by atoms with van der Waals surface area (Å²) in [6.07, 6.45) is 1.49. The Bertz CT molecular complexity index is 657. The van der Waals surface area contributed by atoms with Crippen LogP contribution in [-0.4, -0.2) is 18.4 Å². The summed E-state index contributed by atoms with van der Waals surface area (Å²) in [5.41, 5.74) is 1.05. The van der Waals surface area contributed by atoms with Gasteiger partial charge in [0.15, 0.2) is 11.5 Å². The zero-order valence-electron chi connectivity index (χ0n) is 10.4. The fourth-order valence-electron chi connectivity index (χ4n) is 1.55. The van der Waals surface area contributed by atoms with E-state index in [1.807, 2.05) is 0 Å². The second kappa shape index (κ2) is 6.37. The number of aliphatic imine (C=N–C) groups is 1. The Morgan fingerprint density at radius 2 is 1.90 bits per heavy atom. The summed E-state index contributed by atoms with van der Waals surface area (Å²) in [7, 11) is 1.47. The van der Waals surface area contributed by atoms with Gasteiger partial charge in [-0.1, -0.05) is 0 Å². The third-order valence-corrected chi connectivity index (χ3v) is 4.59. The van der Waals surface area contributed by atoms with Crippen molar-refractivity contribution < 1.29 is 14.2 Å². The summed E-state index contributed by atoms with van der Waals surface area (Å²) in [5.74, 6) is -0.00818. The highest BCUT2D eigenvalue weighted by molar-refractivity contribution is 9.13. The van der Waals surface area contributed by atoms with Gasteiger partial charge >= 0.3 is 0 Å². The van der Waals surface area contributed by atoms with Crippen molar-refractivity contribution in [3.05, 3.63) is 50.7 Å². The van der Waals surface area contributed by atoms with E-state index >= 15 is 0 Å². The minimum atomic E-state index is -0.322. The van der Waals surface area contributed by atoms with E-state index < -0.39 is 0 Å². The number of halogens is 3. The lowest BCUT2D eigenvalue weighted by atomic mass is 10.2. The fourth-order valence-corrected chi connectivity index (χ4v) is 2.38. The molecule has 0 fully saturated rings. The molecular weight excluding hydrogens is 393 g/mol. The predicted octanol–water partition coefficient (Wildman–Crippen LogP) is 4.82. The van der Waals surface area contributed by atoms with E-state index in [-0.39, 0.29) is 11.6 Å². The van der Waals surface area contributed by atoms with Crippen molar-refractivity contribution >= 4 is 43.8 Å². The predicted molar refractivity (Wildman–Crippen MR) is 83.7 cm³/mol. The Morgan fingerprint density at radius 3 is 2.50 bits per heavy atom. The van der Waals surface area contributed by atoms with Gasteiger partial charge in [0.1, 0.15) is 5.82 Å². The molecule has 0 unspecified atom stereocenters. The van der Waals surface area contributed by atoms with Gasteiger partial charge < -0.3 is 9.84 Å². The molecule has 2 rings (SSSR count). The summed E-state index contributed by atoms with van der Waals surface area (Å²) >= 11 is 6.72. The van der Waals surface area contributed by atoms with Crippen LogP contribution in [0.5, 0.6) is 11.5 Å². The Kier molecular flexibility index (Phi) is 4.77. The number of hydrogen-bond acceptors (Lipinski definition) is 3. The van der Waals surface area contributed by atoms with Gasteiger partial charge in [-0.3, -0.25) is 4.99 Å². The number of phenols is 1. The number of ether oxygens (including phenoxy) is 1. The van der Waals surface area contributed by atoms with Crippen LogP contribution in [0.3, 0.4) is 0 Å². The lowest BCUT2D eigenvalue weighted by Gasteiger charge is -2.09. The largest absolute Gasteiger partial charge is 0.504 e. The van der Waals surface area contributed by atoms with Crippen LogP contribution in [-0.2, 0) is 0 Å². The Balaban J connectivity index is 2.42. The number of hydrogen-bond donors (Lipinski definition) is 1. The van der Waals surface area contributed by atoms with Gasteiger partial charge in [0.05, 0.1) is 18.4 Å². The molecular formula is C14H10Br2FNO2. The number of aromatic hydroxyl groups is 1. The molecule has 2 aromatic carbocycles. The first-order valence-electron chi connectivity index (χ1n) is 5.57. The molecule has 3 nitrogen and oxygen atoms in total. The number of methoxy groups -OCH3 is 1. The highest BCUT2D eigenvalue weighted by atomic mass is 79.9. The van der Waals surface area contributed by atoms with Crippen LogP contribution in [0, 0.1) is 5.82 Å². The maximum Gasteiger partial charge on any atom is 0.167 e. The summed E-state index contributed by atoms with van der Waals surface area (Å²) in [4.78, 5) is 4.20. The Morgan fingerprint density at radius 1 is 1.25 bits per heavy atom. The molecule has 0 saturated carbocycles. The second-order valence-electron chi connectivity index (χ2n) is 3.87. The van der Waals surface area contributed by atoms with E-state index in [0.717, 1.165) is 4.47 Å². The average Bonchev–Trinajstić information content (AvgIpc) is 2.44. The molecule has 0 atom stereocenters. The van der Waals surface area contributed by atoms with Crippen LogP contribution >= 0.6 is 31.9 Å². The van der Waals surface area contributed by atoms with Crippen LogP contribution in [0.25, 0.3) is 0 Å². The molecule has 0 spiro atoms. The second-order valence-corrected chi connectivity index (χ2v) is 5.52. The highest BCUT2D eigenvalue weighted by Gasteiger charge is 2.14. The molecule has 104 valence electrons. The van der Waals surface area contributed by atoms with Gasteiger partial charge in [0.25, 0.3) is 0 Å². The number of rotatable bonds is 3. The van der Waals surface area contributed by atoms with Crippen molar-refractivity contribution in [1.82, 2.24) is 0 Å². The molecule has 2 aromatic rings. The lowest BCUT2D eigenvalue weighted by Crippen LogP contribution is -1.91. The highest BCUT2D eigenvalue weighted by Crippen LogP contribution is 2.39. The first-order chi connectivity index (χ1) is 9.52. The smallest absolute Gasteiger partial charge is 0.167 e. The molecule has 0 heterocycles. The maximum atomic E-state index is 12.8. The first-order valence-corrected chi connectivity index (χ1v) is 7.16. The number of benzene rings is 2. The molecule has 0 bridgehead atoms. The van der Waals surface area contributed by atoms with Crippen molar-refractivity contribution in [1.29, 1.82) is 0 Å². The average molecular weight is 403 g/mol. The SMILES string of the molecule is COc1cc(Br)c(Br)c(C=Nc2ccc(F)cc2)c1O. The minimum Gasteiger partial charge on any atom is -0.504 e. The van der Waals surface area contributed by atoms with Crippen LogP contribution in [0.4, 0.5) is 10.1 Å². The van der Waals surface area contributed by atoms with E-state index in [1.165, 1.54) is 25.5 Å². The summed E-state index contributed by atoms with van der Waals surface area (Å²) in [6.45, 7) is 0. The third-order valence-electron chi connectivity index (χ3n) is 2.58. The standard InChI is InChI=1S/C14H10Br2FNO2/c1-20-12-6-11(15)13(16)10(14(12)19)7-18-9-4-2-8(17)3-5-9/h2-7,19H,1H3. The van der Waals surface area contributed by atoms with Crippen molar-refractivity contribution in [2.45, 2.75) is 0 Å². The van der Waals surface area contributed by atoms with Crippen molar-refractivity contribution in [3.63, 3.8) is 0 Å². The van der Waals surface area contributed by atoms with Gasteiger partial charge in [-0.25, -0.2) is 4.39 Å². The van der Waals surface area contributed by atoms with Crippen LogP contribution in [0.2, 0.25) is 0 Å². The summed E-state index contributed by atoms with van der Waals surface area (Å²) in [5, 5.41) is 10.1. The summed E-state index contributed by atoms with van der Waals surface area (Å²) in [6, 6.07) is 7.39. The fraction of sp³-hybridized carbons (Fsp3) is 0.0714. The van der Waals surface area contributed by atoms with Crippen LogP contribution < -0.4 is 4.74 Å². The van der Waals surface area contributed by atoms with Crippen molar-refractivity contribution in [2.24, 2.45) is 4.99 Å². The maximum absolute atomic E-state index is 12.8. The van der Waals surface area contributed by atoms with Crippen LogP contribution in [0.15, 0.2) is 44.3 Å². The molecule has 0 aromatic heterocycles. The van der Waals surface area contributed by atoms with E-state index in [2.05, 4.69) is 36.9 Å². The van der Waals surface area contributed by atoms with Gasteiger partial charge in [-0.2, -0.15) is 0 Å².